The second-order valence-electron chi connectivity index (χ2n) is 6.27. The van der Waals surface area contributed by atoms with Crippen molar-refractivity contribution < 1.29 is 12.8 Å². The van der Waals surface area contributed by atoms with Crippen LogP contribution in [0.15, 0.2) is 69.9 Å². The standard InChI is InChI=1S/C20H15N5O3S2/c1-13-8-17(14-4-6-28-12-14)19(11-23-13)24-18-3-2-16(9-15(18)10-21)30(26,27)25-20-22-5-7-29-20/h2-9,11-12,24H,1H3,(H,22,25). The largest absolute Gasteiger partial charge is 0.472 e. The molecule has 0 saturated carbocycles. The van der Waals surface area contributed by atoms with E-state index in [0.717, 1.165) is 16.8 Å². The summed E-state index contributed by atoms with van der Waals surface area (Å²) in [7, 11) is -3.86. The van der Waals surface area contributed by atoms with Gasteiger partial charge < -0.3 is 9.73 Å². The Balaban J connectivity index is 1.68. The molecule has 4 rings (SSSR count). The van der Waals surface area contributed by atoms with Crippen molar-refractivity contribution in [2.75, 3.05) is 10.0 Å². The zero-order valence-electron chi connectivity index (χ0n) is 15.7. The van der Waals surface area contributed by atoms with Crippen molar-refractivity contribution in [1.29, 1.82) is 5.26 Å². The molecule has 0 bridgehead atoms. The second-order valence-corrected chi connectivity index (χ2v) is 8.85. The number of aryl methyl sites for hydroxylation is 1. The Labute approximate surface area is 176 Å². The molecule has 150 valence electrons. The third-order valence-corrected chi connectivity index (χ3v) is 6.37. The van der Waals surface area contributed by atoms with Gasteiger partial charge >= 0.3 is 0 Å². The van der Waals surface area contributed by atoms with Crippen LogP contribution in [-0.4, -0.2) is 18.4 Å². The maximum Gasteiger partial charge on any atom is 0.263 e. The molecular weight excluding hydrogens is 422 g/mol. The van der Waals surface area contributed by atoms with Crippen molar-refractivity contribution in [3.05, 3.63) is 71.9 Å². The molecule has 4 aromatic rings. The minimum absolute atomic E-state index is 0.0307. The summed E-state index contributed by atoms with van der Waals surface area (Å²) < 4.78 is 32.8. The number of sulfonamides is 1. The molecule has 0 aliphatic rings. The molecule has 3 aromatic heterocycles. The molecule has 0 atom stereocenters. The number of rotatable bonds is 6. The van der Waals surface area contributed by atoms with E-state index < -0.39 is 10.0 Å². The third kappa shape index (κ3) is 4.03. The maximum atomic E-state index is 12.6. The summed E-state index contributed by atoms with van der Waals surface area (Å²) in [4.78, 5) is 8.20. The van der Waals surface area contributed by atoms with Gasteiger partial charge in [-0.25, -0.2) is 13.4 Å². The Morgan fingerprint density at radius 2 is 2.03 bits per heavy atom. The minimum atomic E-state index is -3.86. The predicted octanol–water partition coefficient (Wildman–Crippen LogP) is 4.52. The molecule has 10 heteroatoms. The van der Waals surface area contributed by atoms with Gasteiger partial charge in [0.2, 0.25) is 0 Å². The van der Waals surface area contributed by atoms with Gasteiger partial charge in [-0.2, -0.15) is 5.26 Å². The van der Waals surface area contributed by atoms with E-state index in [9.17, 15) is 13.7 Å². The molecule has 0 aliphatic carbocycles. The fraction of sp³-hybridized carbons (Fsp3) is 0.0500. The highest BCUT2D eigenvalue weighted by molar-refractivity contribution is 7.93. The van der Waals surface area contributed by atoms with Crippen molar-refractivity contribution in [2.45, 2.75) is 11.8 Å². The van der Waals surface area contributed by atoms with E-state index in [4.69, 9.17) is 4.42 Å². The molecule has 30 heavy (non-hydrogen) atoms. The van der Waals surface area contributed by atoms with E-state index in [1.807, 2.05) is 25.1 Å². The molecule has 0 unspecified atom stereocenters. The van der Waals surface area contributed by atoms with Gasteiger partial charge in [-0.1, -0.05) is 0 Å². The molecule has 1 aromatic carbocycles. The van der Waals surface area contributed by atoms with Crippen LogP contribution in [0, 0.1) is 18.3 Å². The van der Waals surface area contributed by atoms with Gasteiger partial charge in [0.15, 0.2) is 5.13 Å². The molecule has 0 fully saturated rings. The van der Waals surface area contributed by atoms with Gasteiger partial charge in [-0.3, -0.25) is 9.71 Å². The molecule has 2 N–H and O–H groups in total. The Hall–Kier alpha value is -3.68. The van der Waals surface area contributed by atoms with Crippen LogP contribution in [0.1, 0.15) is 11.3 Å². The highest BCUT2D eigenvalue weighted by atomic mass is 32.2. The Morgan fingerprint density at radius 3 is 2.73 bits per heavy atom. The summed E-state index contributed by atoms with van der Waals surface area (Å²) in [6, 6.07) is 10.1. The van der Waals surface area contributed by atoms with Crippen LogP contribution in [0.2, 0.25) is 0 Å². The number of nitriles is 1. The molecule has 0 saturated heterocycles. The number of benzene rings is 1. The Morgan fingerprint density at radius 1 is 1.17 bits per heavy atom. The predicted molar refractivity (Wildman–Crippen MR) is 114 cm³/mol. The van der Waals surface area contributed by atoms with Gasteiger partial charge in [0, 0.05) is 28.4 Å². The first-order valence-corrected chi connectivity index (χ1v) is 11.1. The number of nitrogens with one attached hydrogen (secondary N) is 2. The summed E-state index contributed by atoms with van der Waals surface area (Å²) in [5, 5.41) is 14.7. The second kappa shape index (κ2) is 7.98. The average molecular weight is 438 g/mol. The molecule has 0 amide bonds. The number of hydrogen-bond acceptors (Lipinski definition) is 8. The highest BCUT2D eigenvalue weighted by Crippen LogP contribution is 2.32. The number of pyridine rings is 1. The summed E-state index contributed by atoms with van der Waals surface area (Å²) >= 11 is 1.17. The number of aromatic nitrogens is 2. The minimum Gasteiger partial charge on any atom is -0.472 e. The van der Waals surface area contributed by atoms with Crippen molar-refractivity contribution >= 4 is 37.9 Å². The van der Waals surface area contributed by atoms with Gasteiger partial charge in [-0.15, -0.1) is 11.3 Å². The normalized spacial score (nSPS) is 11.1. The molecule has 0 radical (unpaired) electrons. The molecule has 8 nitrogen and oxygen atoms in total. The lowest BCUT2D eigenvalue weighted by atomic mass is 10.1. The zero-order chi connectivity index (χ0) is 21.1. The molecule has 3 heterocycles. The quantitative estimate of drug-likeness (QED) is 0.455. The summed E-state index contributed by atoms with van der Waals surface area (Å²) in [5.41, 5.74) is 3.83. The van der Waals surface area contributed by atoms with Crippen molar-refractivity contribution in [1.82, 2.24) is 9.97 Å². The number of anilines is 3. The van der Waals surface area contributed by atoms with E-state index in [-0.39, 0.29) is 15.6 Å². The van der Waals surface area contributed by atoms with E-state index in [0.29, 0.717) is 11.4 Å². The maximum absolute atomic E-state index is 12.6. The van der Waals surface area contributed by atoms with Crippen LogP contribution < -0.4 is 10.0 Å². The first-order valence-electron chi connectivity index (χ1n) is 8.69. The van der Waals surface area contributed by atoms with Crippen LogP contribution >= 0.6 is 11.3 Å². The number of hydrogen-bond donors (Lipinski definition) is 2. The van der Waals surface area contributed by atoms with E-state index >= 15 is 0 Å². The number of thiazole rings is 1. The lowest BCUT2D eigenvalue weighted by Gasteiger charge is -2.14. The monoisotopic (exact) mass is 437 g/mol. The van der Waals surface area contributed by atoms with Crippen molar-refractivity contribution in [2.24, 2.45) is 0 Å². The van der Waals surface area contributed by atoms with Crippen LogP contribution in [-0.2, 0) is 10.0 Å². The topological polar surface area (TPSA) is 121 Å². The highest BCUT2D eigenvalue weighted by Gasteiger charge is 2.18. The van der Waals surface area contributed by atoms with Gasteiger partial charge in [0.05, 0.1) is 40.6 Å². The van der Waals surface area contributed by atoms with Gasteiger partial charge in [0.1, 0.15) is 6.07 Å². The molecule has 0 spiro atoms. The molecular formula is C20H15N5O3S2. The number of furan rings is 1. The zero-order valence-corrected chi connectivity index (χ0v) is 17.3. The van der Waals surface area contributed by atoms with Crippen molar-refractivity contribution in [3.8, 4) is 17.2 Å². The van der Waals surface area contributed by atoms with E-state index in [2.05, 4.69) is 20.0 Å². The summed E-state index contributed by atoms with van der Waals surface area (Å²) in [6.45, 7) is 1.88. The van der Waals surface area contributed by atoms with Crippen LogP contribution in [0.4, 0.5) is 16.5 Å². The third-order valence-electron chi connectivity index (χ3n) is 4.22. The Bertz CT molecular complexity index is 1330. The lowest BCUT2D eigenvalue weighted by Crippen LogP contribution is -2.13. The van der Waals surface area contributed by atoms with Crippen LogP contribution in [0.25, 0.3) is 11.1 Å². The fourth-order valence-electron chi connectivity index (χ4n) is 2.80. The summed E-state index contributed by atoms with van der Waals surface area (Å²) in [6.07, 6.45) is 6.35. The SMILES string of the molecule is Cc1cc(-c2ccoc2)c(Nc2ccc(S(=O)(=O)Nc3nccs3)cc2C#N)cn1. The summed E-state index contributed by atoms with van der Waals surface area (Å²) in [5.74, 6) is 0. The first-order chi connectivity index (χ1) is 14.5. The van der Waals surface area contributed by atoms with E-state index in [1.54, 1.807) is 30.2 Å². The smallest absolute Gasteiger partial charge is 0.263 e. The Kier molecular flexibility index (Phi) is 5.22. The van der Waals surface area contributed by atoms with Gasteiger partial charge in [0.25, 0.3) is 10.0 Å². The number of nitrogens with zero attached hydrogens (tertiary/aromatic N) is 3. The molecule has 0 aliphatic heterocycles. The van der Waals surface area contributed by atoms with Gasteiger partial charge in [-0.05, 0) is 37.3 Å². The van der Waals surface area contributed by atoms with E-state index in [1.165, 1.54) is 29.7 Å². The van der Waals surface area contributed by atoms with Crippen molar-refractivity contribution in [3.63, 3.8) is 0 Å². The van der Waals surface area contributed by atoms with Crippen LogP contribution in [0.5, 0.6) is 0 Å². The fourth-order valence-corrected chi connectivity index (χ4v) is 4.62. The average Bonchev–Trinajstić information content (AvgIpc) is 3.43. The first kappa shape index (κ1) is 19.6. The lowest BCUT2D eigenvalue weighted by molar-refractivity contribution is 0.568. The van der Waals surface area contributed by atoms with Crippen LogP contribution in [0.3, 0.4) is 0 Å².